The number of halogens is 1. The van der Waals surface area contributed by atoms with Crippen molar-refractivity contribution in [2.45, 2.75) is 25.9 Å². The first-order valence-electron chi connectivity index (χ1n) is 9.11. The van der Waals surface area contributed by atoms with E-state index in [-0.39, 0.29) is 22.2 Å². The van der Waals surface area contributed by atoms with Crippen LogP contribution < -0.4 is 25.7 Å². The summed E-state index contributed by atoms with van der Waals surface area (Å²) in [6.07, 6.45) is 3.21. The minimum atomic E-state index is -0.860. The van der Waals surface area contributed by atoms with Crippen LogP contribution in [0.4, 0.5) is 5.82 Å². The van der Waals surface area contributed by atoms with Gasteiger partial charge in [0.25, 0.3) is 5.56 Å². The van der Waals surface area contributed by atoms with E-state index in [1.165, 1.54) is 0 Å². The number of piperidine rings is 1. The molecule has 0 saturated carbocycles. The second-order valence-electron chi connectivity index (χ2n) is 6.74. The number of pyridine rings is 2. The zero-order valence-electron chi connectivity index (χ0n) is 15.9. The minimum Gasteiger partial charge on any atom is -0.489 e. The normalized spacial score (nSPS) is 14.9. The van der Waals surface area contributed by atoms with Gasteiger partial charge in [-0.2, -0.15) is 4.98 Å². The van der Waals surface area contributed by atoms with Gasteiger partial charge in [-0.25, -0.2) is 9.78 Å². The summed E-state index contributed by atoms with van der Waals surface area (Å²) in [6.45, 7) is 3.15. The third kappa shape index (κ3) is 3.77. The lowest BCUT2D eigenvalue weighted by Crippen LogP contribution is -2.39. The van der Waals surface area contributed by atoms with Crippen LogP contribution >= 0.6 is 11.6 Å². The predicted octanol–water partition coefficient (Wildman–Crippen LogP) is 2.29. The fourth-order valence-electron chi connectivity index (χ4n) is 3.40. The van der Waals surface area contributed by atoms with Gasteiger partial charge >= 0.3 is 5.76 Å². The summed E-state index contributed by atoms with van der Waals surface area (Å²) in [7, 11) is 1.56. The molecule has 1 aliphatic rings. The second-order valence-corrected chi connectivity index (χ2v) is 7.12. The van der Waals surface area contributed by atoms with E-state index < -0.39 is 11.3 Å². The number of aromatic amines is 1. The van der Waals surface area contributed by atoms with Gasteiger partial charge in [0.15, 0.2) is 0 Å². The molecule has 0 bridgehead atoms. The van der Waals surface area contributed by atoms with E-state index in [9.17, 15) is 9.59 Å². The van der Waals surface area contributed by atoms with Gasteiger partial charge in [0.1, 0.15) is 23.1 Å². The highest BCUT2D eigenvalue weighted by molar-refractivity contribution is 6.36. The number of methoxy groups -OCH3 is 1. The number of anilines is 1. The molecule has 1 fully saturated rings. The Labute approximate surface area is 170 Å². The number of ether oxygens (including phenoxy) is 2. The van der Waals surface area contributed by atoms with Crippen molar-refractivity contribution in [3.8, 4) is 11.6 Å². The smallest absolute Gasteiger partial charge is 0.420 e. The lowest BCUT2D eigenvalue weighted by atomic mass is 10.1. The molecule has 0 aromatic carbocycles. The molecular formula is C19H19ClN4O5. The molecule has 0 radical (unpaired) electrons. The van der Waals surface area contributed by atoms with Gasteiger partial charge in [0, 0.05) is 37.6 Å². The van der Waals surface area contributed by atoms with Crippen LogP contribution in [-0.2, 0) is 0 Å². The van der Waals surface area contributed by atoms with Crippen LogP contribution in [0.2, 0.25) is 5.02 Å². The fraction of sp³-hybridized carbons (Fsp3) is 0.368. The van der Waals surface area contributed by atoms with Crippen LogP contribution in [0.15, 0.2) is 32.3 Å². The molecule has 29 heavy (non-hydrogen) atoms. The molecule has 4 heterocycles. The third-order valence-corrected chi connectivity index (χ3v) is 5.37. The Balaban J connectivity index is 1.52. The summed E-state index contributed by atoms with van der Waals surface area (Å²) in [5, 5.41) is 0.315. The molecule has 1 aliphatic heterocycles. The van der Waals surface area contributed by atoms with Gasteiger partial charge in [-0.1, -0.05) is 11.6 Å². The zero-order chi connectivity index (χ0) is 20.5. The minimum absolute atomic E-state index is 0.0402. The van der Waals surface area contributed by atoms with Crippen molar-refractivity contribution in [1.82, 2.24) is 15.0 Å². The molecule has 0 unspecified atom stereocenters. The van der Waals surface area contributed by atoms with Crippen LogP contribution in [0.5, 0.6) is 11.6 Å². The van der Waals surface area contributed by atoms with Crippen molar-refractivity contribution >= 4 is 28.5 Å². The van der Waals surface area contributed by atoms with Crippen LogP contribution in [0, 0.1) is 6.92 Å². The zero-order valence-corrected chi connectivity index (χ0v) is 16.7. The Bertz CT molecular complexity index is 1150. The van der Waals surface area contributed by atoms with Crippen LogP contribution in [0.1, 0.15) is 18.4 Å². The lowest BCUT2D eigenvalue weighted by Gasteiger charge is -2.33. The van der Waals surface area contributed by atoms with Gasteiger partial charge in [-0.15, -0.1) is 0 Å². The number of H-pyrrole nitrogens is 1. The molecule has 152 valence electrons. The van der Waals surface area contributed by atoms with Crippen LogP contribution in [-0.4, -0.2) is 41.3 Å². The predicted molar refractivity (Wildman–Crippen MR) is 107 cm³/mol. The van der Waals surface area contributed by atoms with Crippen molar-refractivity contribution in [3.63, 3.8) is 0 Å². The molecule has 0 spiro atoms. The van der Waals surface area contributed by atoms with Crippen molar-refractivity contribution in [2.24, 2.45) is 0 Å². The molecule has 0 atom stereocenters. The molecule has 3 aromatic heterocycles. The van der Waals surface area contributed by atoms with Gasteiger partial charge in [0.2, 0.25) is 11.6 Å². The van der Waals surface area contributed by atoms with Gasteiger partial charge in [-0.3, -0.25) is 9.78 Å². The maximum atomic E-state index is 12.0. The standard InChI is InChI=1S/C19H19ClN4O5/c1-10-15(20)14-17(25)23-19(26)29-18(14)22-16(10)24-7-5-11(6-8-24)28-12-3-4-13(27-2)21-9-12/h3-4,9,11H,5-8H2,1-2H3,(H,23,25,26). The van der Waals surface area contributed by atoms with Crippen molar-refractivity contribution in [3.05, 3.63) is 49.8 Å². The van der Waals surface area contributed by atoms with E-state index in [1.807, 2.05) is 11.0 Å². The van der Waals surface area contributed by atoms with E-state index >= 15 is 0 Å². The highest BCUT2D eigenvalue weighted by Crippen LogP contribution is 2.31. The summed E-state index contributed by atoms with van der Waals surface area (Å²) < 4.78 is 16.1. The van der Waals surface area contributed by atoms with Crippen molar-refractivity contribution in [1.29, 1.82) is 0 Å². The summed E-state index contributed by atoms with van der Waals surface area (Å²) in [4.78, 5) is 36.2. The summed E-state index contributed by atoms with van der Waals surface area (Å²) in [5.74, 6) is 0.961. The maximum absolute atomic E-state index is 12.0. The Morgan fingerprint density at radius 3 is 2.69 bits per heavy atom. The van der Waals surface area contributed by atoms with E-state index in [0.717, 1.165) is 12.8 Å². The average molecular weight is 419 g/mol. The second kappa shape index (κ2) is 7.75. The Kier molecular flexibility index (Phi) is 5.14. The van der Waals surface area contributed by atoms with E-state index in [4.69, 9.17) is 25.5 Å². The third-order valence-electron chi connectivity index (χ3n) is 4.90. The molecule has 0 amide bonds. The van der Waals surface area contributed by atoms with Gasteiger partial charge in [-0.05, 0) is 13.0 Å². The number of nitrogens with zero attached hydrogens (tertiary/aromatic N) is 3. The molecule has 1 saturated heterocycles. The Morgan fingerprint density at radius 2 is 2.03 bits per heavy atom. The quantitative estimate of drug-likeness (QED) is 0.687. The highest BCUT2D eigenvalue weighted by atomic mass is 35.5. The summed E-state index contributed by atoms with van der Waals surface area (Å²) in [6, 6.07) is 3.58. The molecule has 10 heteroatoms. The van der Waals surface area contributed by atoms with Crippen molar-refractivity contribution < 1.29 is 13.9 Å². The highest BCUT2D eigenvalue weighted by Gasteiger charge is 2.25. The fourth-order valence-corrected chi connectivity index (χ4v) is 3.65. The monoisotopic (exact) mass is 418 g/mol. The maximum Gasteiger partial charge on any atom is 0.420 e. The molecule has 1 N–H and O–H groups in total. The Hall–Kier alpha value is -3.07. The number of rotatable bonds is 4. The van der Waals surface area contributed by atoms with E-state index in [0.29, 0.717) is 36.1 Å². The first-order chi connectivity index (χ1) is 14.0. The van der Waals surface area contributed by atoms with Crippen LogP contribution in [0.3, 0.4) is 0 Å². The van der Waals surface area contributed by atoms with E-state index in [1.54, 1.807) is 26.3 Å². The lowest BCUT2D eigenvalue weighted by molar-refractivity contribution is 0.170. The largest absolute Gasteiger partial charge is 0.489 e. The number of hydrogen-bond donors (Lipinski definition) is 1. The van der Waals surface area contributed by atoms with Crippen molar-refractivity contribution in [2.75, 3.05) is 25.1 Å². The number of nitrogens with one attached hydrogen (secondary N) is 1. The van der Waals surface area contributed by atoms with Crippen LogP contribution in [0.25, 0.3) is 11.1 Å². The Morgan fingerprint density at radius 1 is 1.28 bits per heavy atom. The van der Waals surface area contributed by atoms with Gasteiger partial charge < -0.3 is 18.8 Å². The molecule has 4 rings (SSSR count). The molecular weight excluding hydrogens is 400 g/mol. The van der Waals surface area contributed by atoms with E-state index in [2.05, 4.69) is 15.0 Å². The average Bonchev–Trinajstić information content (AvgIpc) is 2.71. The molecule has 9 nitrogen and oxygen atoms in total. The first kappa shape index (κ1) is 19.3. The number of fused-ring (bicyclic) bond motifs is 1. The summed E-state index contributed by atoms with van der Waals surface area (Å²) >= 11 is 6.38. The number of aromatic nitrogens is 3. The molecule has 3 aromatic rings. The summed E-state index contributed by atoms with van der Waals surface area (Å²) in [5.41, 5.74) is -0.00659. The SMILES string of the molecule is COc1ccc(OC2CCN(c3nc4oc(=O)[nH]c(=O)c4c(Cl)c3C)CC2)cn1. The molecule has 0 aliphatic carbocycles. The van der Waals surface area contributed by atoms with Gasteiger partial charge in [0.05, 0.1) is 18.3 Å². The number of hydrogen-bond acceptors (Lipinski definition) is 8. The topological polar surface area (TPSA) is 111 Å². The first-order valence-corrected chi connectivity index (χ1v) is 9.49.